The summed E-state index contributed by atoms with van der Waals surface area (Å²) in [7, 11) is -3.47. The molecule has 5 nitrogen and oxygen atoms in total. The normalized spacial score (nSPS) is 25.7. The highest BCUT2D eigenvalue weighted by atomic mass is 32.2. The molecule has 0 amide bonds. The Hall–Kier alpha value is -1.04. The first-order valence-corrected chi connectivity index (χ1v) is 6.64. The zero-order valence-electron chi connectivity index (χ0n) is 8.52. The molecular formula is C9H15N3O2S. The number of amidine groups is 1. The van der Waals surface area contributed by atoms with E-state index < -0.39 is 9.84 Å². The van der Waals surface area contributed by atoms with Crippen LogP contribution < -0.4 is 5.73 Å². The van der Waals surface area contributed by atoms with Gasteiger partial charge in [0.25, 0.3) is 9.84 Å². The van der Waals surface area contributed by atoms with Gasteiger partial charge in [-0.25, -0.2) is 13.4 Å². The first-order chi connectivity index (χ1) is 7.12. The Kier molecular flexibility index (Phi) is 2.68. The Morgan fingerprint density at radius 2 is 1.80 bits per heavy atom. The predicted molar refractivity (Wildman–Crippen MR) is 58.7 cm³/mol. The van der Waals surface area contributed by atoms with Crippen molar-refractivity contribution in [2.45, 2.75) is 25.7 Å². The molecule has 2 N–H and O–H groups in total. The lowest BCUT2D eigenvalue weighted by Crippen LogP contribution is -2.37. The summed E-state index contributed by atoms with van der Waals surface area (Å²) in [5.41, 5.74) is 5.38. The van der Waals surface area contributed by atoms with Crippen LogP contribution in [-0.2, 0) is 9.84 Å². The van der Waals surface area contributed by atoms with Gasteiger partial charge in [0.2, 0.25) is 5.17 Å². The zero-order valence-corrected chi connectivity index (χ0v) is 9.33. The Morgan fingerprint density at radius 1 is 1.20 bits per heavy atom. The van der Waals surface area contributed by atoms with Gasteiger partial charge in [-0.15, -0.1) is 0 Å². The third-order valence-electron chi connectivity index (χ3n) is 2.73. The Labute approximate surface area is 89.6 Å². The van der Waals surface area contributed by atoms with Crippen LogP contribution in [0.4, 0.5) is 0 Å². The molecule has 0 aromatic rings. The van der Waals surface area contributed by atoms with Crippen LogP contribution in [0.15, 0.2) is 16.2 Å². The van der Waals surface area contributed by atoms with Crippen molar-refractivity contribution in [3.8, 4) is 0 Å². The molecular weight excluding hydrogens is 214 g/mol. The fourth-order valence-corrected chi connectivity index (χ4v) is 2.99. The second-order valence-electron chi connectivity index (χ2n) is 3.85. The molecule has 84 valence electrons. The Morgan fingerprint density at radius 3 is 2.27 bits per heavy atom. The molecule has 0 spiro atoms. The molecule has 2 heterocycles. The van der Waals surface area contributed by atoms with Gasteiger partial charge in [-0.3, -0.25) is 0 Å². The van der Waals surface area contributed by atoms with Gasteiger partial charge in [0.15, 0.2) is 5.03 Å². The lowest BCUT2D eigenvalue weighted by Gasteiger charge is -2.21. The fourth-order valence-electron chi connectivity index (χ4n) is 1.88. The van der Waals surface area contributed by atoms with Crippen LogP contribution in [0.2, 0.25) is 0 Å². The van der Waals surface area contributed by atoms with Crippen LogP contribution in [0, 0.1) is 0 Å². The maximum absolute atomic E-state index is 11.7. The number of nitrogens with two attached hydrogens (primary N) is 1. The van der Waals surface area contributed by atoms with Crippen molar-refractivity contribution in [2.24, 2.45) is 10.7 Å². The zero-order chi connectivity index (χ0) is 10.9. The fraction of sp³-hybridized carbons (Fsp3) is 0.667. The monoisotopic (exact) mass is 229 g/mol. The van der Waals surface area contributed by atoms with Gasteiger partial charge in [0.05, 0.1) is 6.20 Å². The molecule has 0 atom stereocenters. The number of aliphatic imine (C=N–C) groups is 1. The molecule has 15 heavy (non-hydrogen) atoms. The third-order valence-corrected chi connectivity index (χ3v) is 4.30. The summed E-state index contributed by atoms with van der Waals surface area (Å²) in [6.07, 6.45) is 5.60. The summed E-state index contributed by atoms with van der Waals surface area (Å²) in [4.78, 5) is 5.73. The van der Waals surface area contributed by atoms with Crippen molar-refractivity contribution in [2.75, 3.05) is 13.1 Å². The number of hydrogen-bond donors (Lipinski definition) is 1. The van der Waals surface area contributed by atoms with E-state index in [1.807, 2.05) is 4.90 Å². The van der Waals surface area contributed by atoms with Crippen LogP contribution >= 0.6 is 0 Å². The molecule has 2 aliphatic rings. The van der Waals surface area contributed by atoms with Crippen molar-refractivity contribution < 1.29 is 8.42 Å². The average Bonchev–Trinajstić information content (AvgIpc) is 2.46. The molecule has 2 aliphatic heterocycles. The highest BCUT2D eigenvalue weighted by Crippen LogP contribution is 2.19. The summed E-state index contributed by atoms with van der Waals surface area (Å²) in [6.45, 7) is 1.53. The average molecular weight is 229 g/mol. The van der Waals surface area contributed by atoms with E-state index in [1.54, 1.807) is 0 Å². The minimum absolute atomic E-state index is 0.137. The third kappa shape index (κ3) is 1.86. The standard InChI is InChI=1S/C9H15N3O2S/c10-8-7-11-9(15(8,13)14)12-5-3-1-2-4-6-12/h7H,1-6,10H2. The number of likely N-dealkylation sites (tertiary alicyclic amines) is 1. The van der Waals surface area contributed by atoms with Gasteiger partial charge in [-0.05, 0) is 12.8 Å². The van der Waals surface area contributed by atoms with Crippen molar-refractivity contribution in [1.29, 1.82) is 0 Å². The molecule has 0 saturated carbocycles. The molecule has 6 heteroatoms. The quantitative estimate of drug-likeness (QED) is 0.652. The molecule has 1 saturated heterocycles. The Bertz CT molecular complexity index is 403. The Balaban J connectivity index is 2.19. The number of nitrogens with zero attached hydrogens (tertiary/aromatic N) is 2. The van der Waals surface area contributed by atoms with Gasteiger partial charge in [-0.1, -0.05) is 12.8 Å². The van der Waals surface area contributed by atoms with E-state index >= 15 is 0 Å². The lowest BCUT2D eigenvalue weighted by molar-refractivity contribution is 0.440. The second kappa shape index (κ2) is 3.84. The number of rotatable bonds is 0. The van der Waals surface area contributed by atoms with Crippen molar-refractivity contribution in [1.82, 2.24) is 4.90 Å². The largest absolute Gasteiger partial charge is 0.388 e. The lowest BCUT2D eigenvalue weighted by atomic mass is 10.2. The molecule has 0 aliphatic carbocycles. The number of sulfone groups is 1. The number of hydrogen-bond acceptors (Lipinski definition) is 5. The molecule has 0 bridgehead atoms. The van der Waals surface area contributed by atoms with E-state index in [4.69, 9.17) is 5.73 Å². The maximum atomic E-state index is 11.7. The van der Waals surface area contributed by atoms with Gasteiger partial charge < -0.3 is 10.6 Å². The summed E-state index contributed by atoms with van der Waals surface area (Å²) in [6, 6.07) is 0. The van der Waals surface area contributed by atoms with Crippen molar-refractivity contribution in [3.63, 3.8) is 0 Å². The van der Waals surface area contributed by atoms with E-state index in [2.05, 4.69) is 4.99 Å². The highest BCUT2D eigenvalue weighted by molar-refractivity contribution is 8.09. The topological polar surface area (TPSA) is 75.8 Å². The predicted octanol–water partition coefficient (Wildman–Crippen LogP) is 0.404. The van der Waals surface area contributed by atoms with Crippen LogP contribution in [-0.4, -0.2) is 31.6 Å². The van der Waals surface area contributed by atoms with Crippen LogP contribution in [0.3, 0.4) is 0 Å². The smallest absolute Gasteiger partial charge is 0.255 e. The minimum atomic E-state index is -3.47. The van der Waals surface area contributed by atoms with Gasteiger partial charge in [0, 0.05) is 13.1 Å². The van der Waals surface area contributed by atoms with E-state index in [1.165, 1.54) is 6.20 Å². The first kappa shape index (κ1) is 10.5. The molecule has 0 unspecified atom stereocenters. The molecule has 0 aromatic heterocycles. The molecule has 0 radical (unpaired) electrons. The molecule has 0 aromatic carbocycles. The van der Waals surface area contributed by atoms with Gasteiger partial charge >= 0.3 is 0 Å². The van der Waals surface area contributed by atoms with Crippen LogP contribution in [0.1, 0.15) is 25.7 Å². The van der Waals surface area contributed by atoms with Gasteiger partial charge in [0.1, 0.15) is 0 Å². The van der Waals surface area contributed by atoms with Crippen molar-refractivity contribution >= 4 is 15.0 Å². The summed E-state index contributed by atoms with van der Waals surface area (Å²) >= 11 is 0. The summed E-state index contributed by atoms with van der Waals surface area (Å²) in [5.74, 6) is 0. The van der Waals surface area contributed by atoms with E-state index in [0.29, 0.717) is 0 Å². The van der Waals surface area contributed by atoms with E-state index in [9.17, 15) is 8.42 Å². The summed E-state index contributed by atoms with van der Waals surface area (Å²) in [5, 5.41) is 0.00338. The maximum Gasteiger partial charge on any atom is 0.255 e. The first-order valence-electron chi connectivity index (χ1n) is 5.16. The molecule has 2 rings (SSSR count). The van der Waals surface area contributed by atoms with Gasteiger partial charge in [-0.2, -0.15) is 0 Å². The highest BCUT2D eigenvalue weighted by Gasteiger charge is 2.32. The van der Waals surface area contributed by atoms with Crippen LogP contribution in [0.25, 0.3) is 0 Å². The second-order valence-corrected chi connectivity index (χ2v) is 5.69. The summed E-state index contributed by atoms with van der Waals surface area (Å²) < 4.78 is 23.5. The SMILES string of the molecule is NC1=CN=C(N2CCCCCC2)S1(=O)=O. The van der Waals surface area contributed by atoms with Crippen LogP contribution in [0.5, 0.6) is 0 Å². The van der Waals surface area contributed by atoms with E-state index in [0.717, 1.165) is 38.8 Å². The minimum Gasteiger partial charge on any atom is -0.388 e. The molecule has 1 fully saturated rings. The van der Waals surface area contributed by atoms with Crippen molar-refractivity contribution in [3.05, 3.63) is 11.2 Å². The van der Waals surface area contributed by atoms with E-state index in [-0.39, 0.29) is 10.2 Å².